The Bertz CT molecular complexity index is 547. The van der Waals surface area contributed by atoms with Crippen molar-refractivity contribution in [2.45, 2.75) is 33.2 Å². The number of hydrogen-bond donors (Lipinski definition) is 1. The topological polar surface area (TPSA) is 25.2 Å². The lowest BCUT2D eigenvalue weighted by Crippen LogP contribution is -2.22. The fourth-order valence-electron chi connectivity index (χ4n) is 2.28. The van der Waals surface area contributed by atoms with Gasteiger partial charge in [-0.3, -0.25) is 0 Å². The molecule has 1 N–H and O–H groups in total. The third-order valence-electron chi connectivity index (χ3n) is 3.34. The van der Waals surface area contributed by atoms with E-state index < -0.39 is 0 Å². The fraction of sp³-hybridized carbons (Fsp3) is 0.375. The fourth-order valence-corrected chi connectivity index (χ4v) is 2.28. The van der Waals surface area contributed by atoms with Crippen LogP contribution in [0.25, 0.3) is 0 Å². The van der Waals surface area contributed by atoms with Crippen LogP contribution in [-0.2, 0) is 6.42 Å². The van der Waals surface area contributed by atoms with Crippen LogP contribution in [0.2, 0.25) is 0 Å². The van der Waals surface area contributed by atoms with E-state index in [0.29, 0.717) is 0 Å². The number of rotatable bonds is 5. The summed E-state index contributed by atoms with van der Waals surface area (Å²) in [5.41, 5.74) is 3.26. The molecule has 0 saturated carbocycles. The summed E-state index contributed by atoms with van der Waals surface area (Å²) >= 11 is 0. The number of nitrogens with one attached hydrogen (secondary N) is 1. The summed E-state index contributed by atoms with van der Waals surface area (Å²) in [6.45, 7) is 6.87. The van der Waals surface area contributed by atoms with E-state index in [2.05, 4.69) is 12.2 Å². The minimum atomic E-state index is -0.181. The molecule has 0 fully saturated rings. The molecule has 0 aliphatic heterocycles. The van der Waals surface area contributed by atoms with Crippen molar-refractivity contribution in [3.8, 4) is 0 Å². The molecule has 2 rings (SSSR count). The average Bonchev–Trinajstić information content (AvgIpc) is 2.80. The molecule has 3 heteroatoms. The Morgan fingerprint density at radius 2 is 2.05 bits per heavy atom. The minimum Gasteiger partial charge on any atom is -0.469 e. The Morgan fingerprint density at radius 1 is 1.26 bits per heavy atom. The van der Waals surface area contributed by atoms with E-state index in [-0.39, 0.29) is 11.9 Å². The number of benzene rings is 1. The monoisotopic (exact) mass is 261 g/mol. The van der Waals surface area contributed by atoms with E-state index in [9.17, 15) is 4.39 Å². The molecule has 0 spiro atoms. The molecule has 0 aliphatic rings. The van der Waals surface area contributed by atoms with Crippen molar-refractivity contribution in [3.05, 3.63) is 58.8 Å². The van der Waals surface area contributed by atoms with Crippen LogP contribution in [0, 0.1) is 19.7 Å². The molecule has 2 nitrogen and oxygen atoms in total. The average molecular weight is 261 g/mol. The molecule has 1 aromatic carbocycles. The Morgan fingerprint density at radius 3 is 2.68 bits per heavy atom. The summed E-state index contributed by atoms with van der Waals surface area (Å²) in [7, 11) is 0. The molecule has 1 atom stereocenters. The van der Waals surface area contributed by atoms with Crippen LogP contribution in [0.1, 0.15) is 35.4 Å². The standard InChI is InChI=1S/C16H20FNO/c1-4-18-16(14-7-12(3)19-10-14)9-13-8-15(17)6-5-11(13)2/h5-8,10,16,18H,4,9H2,1-3H3. The number of likely N-dealkylation sites (N-methyl/N-ethyl adjacent to an activating group) is 1. The van der Waals surface area contributed by atoms with E-state index in [1.54, 1.807) is 12.3 Å². The number of aryl methyl sites for hydroxylation is 2. The lowest BCUT2D eigenvalue weighted by Gasteiger charge is -2.17. The molecule has 1 unspecified atom stereocenters. The Kier molecular flexibility index (Phi) is 4.38. The van der Waals surface area contributed by atoms with E-state index in [1.165, 1.54) is 6.07 Å². The quantitative estimate of drug-likeness (QED) is 0.882. The lowest BCUT2D eigenvalue weighted by molar-refractivity contribution is 0.510. The SMILES string of the molecule is CCNC(Cc1cc(F)ccc1C)c1coc(C)c1. The van der Waals surface area contributed by atoms with E-state index in [4.69, 9.17) is 4.42 Å². The van der Waals surface area contributed by atoms with Gasteiger partial charge in [0.25, 0.3) is 0 Å². The predicted molar refractivity (Wildman–Crippen MR) is 74.7 cm³/mol. The van der Waals surface area contributed by atoms with Gasteiger partial charge in [0.1, 0.15) is 11.6 Å². The molecule has 0 radical (unpaired) electrons. The first-order valence-electron chi connectivity index (χ1n) is 6.63. The molecule has 0 saturated heterocycles. The zero-order valence-corrected chi connectivity index (χ0v) is 11.7. The highest BCUT2D eigenvalue weighted by Crippen LogP contribution is 2.23. The Balaban J connectivity index is 2.23. The van der Waals surface area contributed by atoms with Crippen LogP contribution in [0.3, 0.4) is 0 Å². The summed E-state index contributed by atoms with van der Waals surface area (Å²) in [6.07, 6.45) is 2.54. The lowest BCUT2D eigenvalue weighted by atomic mass is 9.97. The van der Waals surface area contributed by atoms with Gasteiger partial charge in [0, 0.05) is 11.6 Å². The van der Waals surface area contributed by atoms with Gasteiger partial charge in [-0.05, 0) is 56.1 Å². The molecule has 0 bridgehead atoms. The van der Waals surface area contributed by atoms with E-state index >= 15 is 0 Å². The normalized spacial score (nSPS) is 12.6. The van der Waals surface area contributed by atoms with E-state index in [1.807, 2.05) is 26.0 Å². The first-order chi connectivity index (χ1) is 9.10. The second-order valence-corrected chi connectivity index (χ2v) is 4.88. The van der Waals surface area contributed by atoms with Crippen molar-refractivity contribution in [2.75, 3.05) is 6.54 Å². The minimum absolute atomic E-state index is 0.156. The van der Waals surface area contributed by atoms with Gasteiger partial charge in [-0.25, -0.2) is 4.39 Å². The molecular weight excluding hydrogens is 241 g/mol. The highest BCUT2D eigenvalue weighted by atomic mass is 19.1. The van der Waals surface area contributed by atoms with Crippen LogP contribution in [-0.4, -0.2) is 6.54 Å². The summed E-state index contributed by atoms with van der Waals surface area (Å²) in [5, 5.41) is 3.42. The van der Waals surface area contributed by atoms with Crippen molar-refractivity contribution < 1.29 is 8.81 Å². The van der Waals surface area contributed by atoms with Gasteiger partial charge in [-0.15, -0.1) is 0 Å². The summed E-state index contributed by atoms with van der Waals surface area (Å²) < 4.78 is 18.7. The van der Waals surface area contributed by atoms with Crippen molar-refractivity contribution in [1.82, 2.24) is 5.32 Å². The molecule has 2 aromatic rings. The smallest absolute Gasteiger partial charge is 0.123 e. The summed E-state index contributed by atoms with van der Waals surface area (Å²) in [5.74, 6) is 0.716. The largest absolute Gasteiger partial charge is 0.469 e. The highest BCUT2D eigenvalue weighted by molar-refractivity contribution is 5.29. The van der Waals surface area contributed by atoms with E-state index in [0.717, 1.165) is 35.4 Å². The van der Waals surface area contributed by atoms with Gasteiger partial charge in [0.15, 0.2) is 0 Å². The van der Waals surface area contributed by atoms with Crippen molar-refractivity contribution >= 4 is 0 Å². The maximum absolute atomic E-state index is 13.4. The second kappa shape index (κ2) is 6.02. The van der Waals surface area contributed by atoms with Gasteiger partial charge in [-0.2, -0.15) is 0 Å². The summed E-state index contributed by atoms with van der Waals surface area (Å²) in [4.78, 5) is 0. The molecule has 0 aliphatic carbocycles. The summed E-state index contributed by atoms with van der Waals surface area (Å²) in [6, 6.07) is 7.13. The van der Waals surface area contributed by atoms with Crippen molar-refractivity contribution in [3.63, 3.8) is 0 Å². The third kappa shape index (κ3) is 3.44. The van der Waals surface area contributed by atoms with Gasteiger partial charge in [-0.1, -0.05) is 13.0 Å². The van der Waals surface area contributed by atoms with Crippen LogP contribution in [0.4, 0.5) is 4.39 Å². The second-order valence-electron chi connectivity index (χ2n) is 4.88. The van der Waals surface area contributed by atoms with Crippen LogP contribution in [0.5, 0.6) is 0 Å². The maximum Gasteiger partial charge on any atom is 0.123 e. The van der Waals surface area contributed by atoms with Crippen LogP contribution < -0.4 is 5.32 Å². The zero-order valence-electron chi connectivity index (χ0n) is 11.7. The maximum atomic E-state index is 13.4. The molecule has 1 aromatic heterocycles. The third-order valence-corrected chi connectivity index (χ3v) is 3.34. The number of furan rings is 1. The van der Waals surface area contributed by atoms with Crippen LogP contribution in [0.15, 0.2) is 34.9 Å². The molecule has 0 amide bonds. The highest BCUT2D eigenvalue weighted by Gasteiger charge is 2.15. The van der Waals surface area contributed by atoms with Gasteiger partial charge >= 0.3 is 0 Å². The zero-order chi connectivity index (χ0) is 13.8. The molecule has 1 heterocycles. The van der Waals surface area contributed by atoms with Crippen molar-refractivity contribution in [2.24, 2.45) is 0 Å². The Labute approximate surface area is 113 Å². The number of halogens is 1. The first kappa shape index (κ1) is 13.8. The number of hydrogen-bond acceptors (Lipinski definition) is 2. The van der Waals surface area contributed by atoms with Crippen LogP contribution >= 0.6 is 0 Å². The first-order valence-corrected chi connectivity index (χ1v) is 6.63. The molecule has 19 heavy (non-hydrogen) atoms. The van der Waals surface area contributed by atoms with Gasteiger partial charge in [0.2, 0.25) is 0 Å². The Hall–Kier alpha value is -1.61. The van der Waals surface area contributed by atoms with Gasteiger partial charge < -0.3 is 9.73 Å². The molecule has 102 valence electrons. The van der Waals surface area contributed by atoms with Crippen molar-refractivity contribution in [1.29, 1.82) is 0 Å². The molecular formula is C16H20FNO. The van der Waals surface area contributed by atoms with Gasteiger partial charge in [0.05, 0.1) is 6.26 Å². The predicted octanol–water partition coefficient (Wildman–Crippen LogP) is 3.93.